The van der Waals surface area contributed by atoms with Crippen molar-refractivity contribution in [3.8, 4) is 0 Å². The third kappa shape index (κ3) is 2.60. The molecule has 2 atom stereocenters. The van der Waals surface area contributed by atoms with E-state index in [9.17, 15) is 13.2 Å². The lowest BCUT2D eigenvalue weighted by Gasteiger charge is -2.39. The first-order valence-electron chi connectivity index (χ1n) is 4.99. The van der Waals surface area contributed by atoms with Crippen LogP contribution in [0.4, 0.5) is 13.2 Å². The molecule has 14 heavy (non-hydrogen) atoms. The van der Waals surface area contributed by atoms with Gasteiger partial charge in [-0.3, -0.25) is 4.90 Å². The molecule has 0 radical (unpaired) electrons. The maximum Gasteiger partial charge on any atom is 0.405 e. The van der Waals surface area contributed by atoms with Gasteiger partial charge in [-0.2, -0.15) is 13.2 Å². The van der Waals surface area contributed by atoms with Gasteiger partial charge in [0.2, 0.25) is 0 Å². The lowest BCUT2D eigenvalue weighted by Crippen LogP contribution is -2.55. The summed E-state index contributed by atoms with van der Waals surface area (Å²) in [7, 11) is 0. The van der Waals surface area contributed by atoms with Crippen molar-refractivity contribution >= 4 is 0 Å². The summed E-state index contributed by atoms with van der Waals surface area (Å²) in [6.45, 7) is 2.02. The van der Waals surface area contributed by atoms with Gasteiger partial charge in [0.05, 0.1) is 0 Å². The highest BCUT2D eigenvalue weighted by molar-refractivity contribution is 4.85. The fourth-order valence-corrected chi connectivity index (χ4v) is 2.04. The van der Waals surface area contributed by atoms with E-state index in [2.05, 4.69) is 0 Å². The van der Waals surface area contributed by atoms with E-state index in [0.717, 1.165) is 19.3 Å². The number of nitrogens with zero attached hydrogens (tertiary/aromatic N) is 1. The molecule has 84 valence electrons. The Kier molecular flexibility index (Phi) is 3.78. The third-order valence-corrected chi connectivity index (χ3v) is 2.86. The molecule has 0 bridgehead atoms. The molecule has 5 heteroatoms. The van der Waals surface area contributed by atoms with Crippen LogP contribution in [0, 0.1) is 0 Å². The number of hydrogen-bond acceptors (Lipinski definition) is 2. The van der Waals surface area contributed by atoms with Crippen molar-refractivity contribution in [1.29, 1.82) is 0 Å². The van der Waals surface area contributed by atoms with Gasteiger partial charge in [0, 0.05) is 12.6 Å². The second-order valence-corrected chi connectivity index (χ2v) is 3.88. The minimum Gasteiger partial charge on any atom is -0.329 e. The Labute approximate surface area is 82.2 Å². The summed E-state index contributed by atoms with van der Waals surface area (Å²) in [5.74, 6) is 0. The minimum absolute atomic E-state index is 0.000995. The zero-order valence-corrected chi connectivity index (χ0v) is 8.35. The summed E-state index contributed by atoms with van der Waals surface area (Å²) in [6.07, 6.45) is -1.49. The van der Waals surface area contributed by atoms with Gasteiger partial charge in [-0.05, 0) is 26.3 Å². The molecule has 1 aliphatic rings. The van der Waals surface area contributed by atoms with Crippen molar-refractivity contribution in [1.82, 2.24) is 4.90 Å². The van der Waals surface area contributed by atoms with Gasteiger partial charge in [-0.25, -0.2) is 0 Å². The van der Waals surface area contributed by atoms with Gasteiger partial charge in [0.1, 0.15) is 6.04 Å². The maximum atomic E-state index is 12.6. The Bertz CT molecular complexity index is 181. The van der Waals surface area contributed by atoms with Gasteiger partial charge < -0.3 is 5.73 Å². The molecule has 0 spiro atoms. The smallest absolute Gasteiger partial charge is 0.329 e. The monoisotopic (exact) mass is 210 g/mol. The number of halogens is 3. The van der Waals surface area contributed by atoms with Crippen LogP contribution in [-0.2, 0) is 0 Å². The zero-order valence-electron chi connectivity index (χ0n) is 8.35. The predicted molar refractivity (Wildman–Crippen MR) is 48.9 cm³/mol. The van der Waals surface area contributed by atoms with Crippen molar-refractivity contribution in [3.05, 3.63) is 0 Å². The van der Waals surface area contributed by atoms with Crippen molar-refractivity contribution in [2.75, 3.05) is 13.1 Å². The molecule has 1 rings (SSSR count). The molecule has 2 N–H and O–H groups in total. The summed E-state index contributed by atoms with van der Waals surface area (Å²) in [5, 5.41) is 0. The van der Waals surface area contributed by atoms with Gasteiger partial charge in [-0.15, -0.1) is 0 Å². The first-order valence-corrected chi connectivity index (χ1v) is 4.99. The van der Waals surface area contributed by atoms with E-state index < -0.39 is 12.2 Å². The summed E-state index contributed by atoms with van der Waals surface area (Å²) in [4.78, 5) is 1.49. The van der Waals surface area contributed by atoms with Crippen LogP contribution in [0.3, 0.4) is 0 Å². The molecule has 0 amide bonds. The summed E-state index contributed by atoms with van der Waals surface area (Å²) < 4.78 is 37.7. The lowest BCUT2D eigenvalue weighted by atomic mass is 10.0. The van der Waals surface area contributed by atoms with Gasteiger partial charge in [0.25, 0.3) is 0 Å². The predicted octanol–water partition coefficient (Wildman–Crippen LogP) is 1.75. The zero-order chi connectivity index (χ0) is 10.8. The molecule has 0 saturated carbocycles. The summed E-state index contributed by atoms with van der Waals surface area (Å²) in [5.41, 5.74) is 5.19. The fourth-order valence-electron chi connectivity index (χ4n) is 2.04. The highest BCUT2D eigenvalue weighted by Crippen LogP contribution is 2.29. The van der Waals surface area contributed by atoms with Crippen molar-refractivity contribution in [2.45, 2.75) is 44.4 Å². The summed E-state index contributed by atoms with van der Waals surface area (Å²) >= 11 is 0. The van der Waals surface area contributed by atoms with Crippen molar-refractivity contribution in [3.63, 3.8) is 0 Å². The van der Waals surface area contributed by atoms with Crippen LogP contribution < -0.4 is 5.73 Å². The second kappa shape index (κ2) is 4.49. The standard InChI is InChI=1S/C9H17F3N2/c1-7-4-2-3-5-14(7)8(6-13)9(10,11)12/h7-8H,2-6,13H2,1H3. The second-order valence-electron chi connectivity index (χ2n) is 3.88. The molecule has 1 saturated heterocycles. The number of nitrogens with two attached hydrogens (primary N) is 1. The van der Waals surface area contributed by atoms with Gasteiger partial charge in [-0.1, -0.05) is 6.42 Å². The summed E-state index contributed by atoms with van der Waals surface area (Å²) in [6, 6.07) is -1.46. The number of alkyl halides is 3. The number of hydrogen-bond donors (Lipinski definition) is 1. The average molecular weight is 210 g/mol. The van der Waals surface area contributed by atoms with E-state index in [4.69, 9.17) is 5.73 Å². The van der Waals surface area contributed by atoms with Gasteiger partial charge in [0.15, 0.2) is 0 Å². The maximum absolute atomic E-state index is 12.6. The Hall–Kier alpha value is -0.290. The third-order valence-electron chi connectivity index (χ3n) is 2.86. The van der Waals surface area contributed by atoms with Crippen LogP contribution in [0.25, 0.3) is 0 Å². The van der Waals surface area contributed by atoms with Crippen molar-refractivity contribution < 1.29 is 13.2 Å². The molecule has 1 fully saturated rings. The quantitative estimate of drug-likeness (QED) is 0.752. The van der Waals surface area contributed by atoms with Crippen LogP contribution in [-0.4, -0.2) is 36.2 Å². The van der Waals surface area contributed by atoms with Crippen LogP contribution in [0.2, 0.25) is 0 Å². The Morgan fingerprint density at radius 3 is 2.50 bits per heavy atom. The van der Waals surface area contributed by atoms with Crippen LogP contribution >= 0.6 is 0 Å². The molecule has 0 aromatic carbocycles. The molecule has 2 nitrogen and oxygen atoms in total. The number of rotatable bonds is 2. The van der Waals surface area contributed by atoms with E-state index in [1.54, 1.807) is 0 Å². The molecule has 0 aromatic heterocycles. The fraction of sp³-hybridized carbons (Fsp3) is 1.00. The van der Waals surface area contributed by atoms with Crippen LogP contribution in [0.5, 0.6) is 0 Å². The minimum atomic E-state index is -4.19. The molecule has 1 heterocycles. The molecular weight excluding hydrogens is 193 g/mol. The lowest BCUT2D eigenvalue weighted by molar-refractivity contribution is -0.188. The molecular formula is C9H17F3N2. The Morgan fingerprint density at radius 2 is 2.07 bits per heavy atom. The molecule has 0 aliphatic carbocycles. The van der Waals surface area contributed by atoms with Crippen molar-refractivity contribution in [2.24, 2.45) is 5.73 Å². The van der Waals surface area contributed by atoms with E-state index >= 15 is 0 Å². The Balaban J connectivity index is 2.67. The number of likely N-dealkylation sites (tertiary alicyclic amines) is 1. The average Bonchev–Trinajstić information content (AvgIpc) is 2.07. The van der Waals surface area contributed by atoms with Crippen LogP contribution in [0.1, 0.15) is 26.2 Å². The highest BCUT2D eigenvalue weighted by atomic mass is 19.4. The van der Waals surface area contributed by atoms with E-state index in [0.29, 0.717) is 6.54 Å². The molecule has 0 aromatic rings. The van der Waals surface area contributed by atoms with Crippen LogP contribution in [0.15, 0.2) is 0 Å². The number of piperidine rings is 1. The topological polar surface area (TPSA) is 29.3 Å². The molecule has 1 aliphatic heterocycles. The van der Waals surface area contributed by atoms with E-state index in [1.807, 2.05) is 6.92 Å². The first-order chi connectivity index (χ1) is 6.46. The normalized spacial score (nSPS) is 27.6. The molecule has 2 unspecified atom stereocenters. The first kappa shape index (κ1) is 11.8. The largest absolute Gasteiger partial charge is 0.405 e. The SMILES string of the molecule is CC1CCCCN1C(CN)C(F)(F)F. The van der Waals surface area contributed by atoms with E-state index in [1.165, 1.54) is 4.90 Å². The van der Waals surface area contributed by atoms with E-state index in [-0.39, 0.29) is 12.6 Å². The van der Waals surface area contributed by atoms with Gasteiger partial charge >= 0.3 is 6.18 Å². The highest BCUT2D eigenvalue weighted by Gasteiger charge is 2.44. The Morgan fingerprint density at radius 1 is 1.43 bits per heavy atom.